The van der Waals surface area contributed by atoms with Crippen LogP contribution in [-0.4, -0.2) is 13.5 Å². The number of hydrogen-bond acceptors (Lipinski definition) is 4. The van der Waals surface area contributed by atoms with E-state index < -0.39 is 10.0 Å². The SMILES string of the molecule is Cc1ccc(Sc2cc(NS(=O)(=O)c3ccc(Br)cc3)ccc2O)cc1. The van der Waals surface area contributed by atoms with Gasteiger partial charge in [-0.15, -0.1) is 0 Å². The molecule has 0 aliphatic rings. The molecule has 3 rings (SSSR count). The summed E-state index contributed by atoms with van der Waals surface area (Å²) in [7, 11) is -3.70. The van der Waals surface area contributed by atoms with Gasteiger partial charge in [0, 0.05) is 9.37 Å². The van der Waals surface area contributed by atoms with Crippen molar-refractivity contribution in [1.29, 1.82) is 0 Å². The zero-order chi connectivity index (χ0) is 18.7. The molecule has 0 amide bonds. The van der Waals surface area contributed by atoms with E-state index in [4.69, 9.17) is 0 Å². The predicted octanol–water partition coefficient (Wildman–Crippen LogP) is 5.42. The molecule has 0 aromatic heterocycles. The highest BCUT2D eigenvalue weighted by Crippen LogP contribution is 2.36. The highest BCUT2D eigenvalue weighted by Gasteiger charge is 2.15. The molecule has 0 saturated carbocycles. The average molecular weight is 450 g/mol. The number of aryl methyl sites for hydroxylation is 1. The molecule has 7 heteroatoms. The predicted molar refractivity (Wildman–Crippen MR) is 108 cm³/mol. The summed E-state index contributed by atoms with van der Waals surface area (Å²) in [6, 6.07) is 18.9. The second-order valence-electron chi connectivity index (χ2n) is 5.66. The van der Waals surface area contributed by atoms with Gasteiger partial charge in [-0.1, -0.05) is 45.4 Å². The van der Waals surface area contributed by atoms with Crippen LogP contribution in [0.1, 0.15) is 5.56 Å². The normalized spacial score (nSPS) is 11.3. The van der Waals surface area contributed by atoms with Crippen molar-refractivity contribution in [2.75, 3.05) is 4.72 Å². The minimum atomic E-state index is -3.70. The van der Waals surface area contributed by atoms with Gasteiger partial charge in [0.2, 0.25) is 0 Å². The van der Waals surface area contributed by atoms with Crippen molar-refractivity contribution < 1.29 is 13.5 Å². The lowest BCUT2D eigenvalue weighted by molar-refractivity contribution is 0.462. The fourth-order valence-corrected chi connectivity index (χ4v) is 4.42. The van der Waals surface area contributed by atoms with Crippen molar-refractivity contribution in [3.05, 3.63) is 76.8 Å². The number of aromatic hydroxyl groups is 1. The van der Waals surface area contributed by atoms with Crippen LogP contribution in [0.3, 0.4) is 0 Å². The summed E-state index contributed by atoms with van der Waals surface area (Å²) < 4.78 is 28.4. The first-order chi connectivity index (χ1) is 12.3. The summed E-state index contributed by atoms with van der Waals surface area (Å²) in [4.78, 5) is 1.70. The molecular weight excluding hydrogens is 434 g/mol. The Balaban J connectivity index is 1.85. The van der Waals surface area contributed by atoms with E-state index in [0.717, 1.165) is 14.9 Å². The summed E-state index contributed by atoms with van der Waals surface area (Å²) in [6.45, 7) is 2.00. The highest BCUT2D eigenvalue weighted by atomic mass is 79.9. The lowest BCUT2D eigenvalue weighted by atomic mass is 10.2. The topological polar surface area (TPSA) is 66.4 Å². The van der Waals surface area contributed by atoms with Crippen LogP contribution >= 0.6 is 27.7 Å². The fourth-order valence-electron chi connectivity index (χ4n) is 2.22. The molecule has 0 aliphatic heterocycles. The van der Waals surface area contributed by atoms with Gasteiger partial charge < -0.3 is 5.11 Å². The van der Waals surface area contributed by atoms with Crippen LogP contribution in [-0.2, 0) is 10.0 Å². The van der Waals surface area contributed by atoms with E-state index in [1.165, 1.54) is 36.0 Å². The van der Waals surface area contributed by atoms with Gasteiger partial charge in [0.1, 0.15) is 5.75 Å². The van der Waals surface area contributed by atoms with Gasteiger partial charge in [-0.2, -0.15) is 0 Å². The Morgan fingerprint density at radius 3 is 2.27 bits per heavy atom. The van der Waals surface area contributed by atoms with Crippen LogP contribution in [0.2, 0.25) is 0 Å². The quantitative estimate of drug-likeness (QED) is 0.510. The van der Waals surface area contributed by atoms with E-state index in [2.05, 4.69) is 20.7 Å². The van der Waals surface area contributed by atoms with Crippen LogP contribution in [0, 0.1) is 6.92 Å². The monoisotopic (exact) mass is 449 g/mol. The molecule has 0 heterocycles. The van der Waals surface area contributed by atoms with Crippen LogP contribution in [0.5, 0.6) is 5.75 Å². The number of phenols is 1. The van der Waals surface area contributed by atoms with Crippen molar-refractivity contribution in [2.45, 2.75) is 21.6 Å². The second kappa shape index (κ2) is 7.73. The molecule has 0 bridgehead atoms. The van der Waals surface area contributed by atoms with E-state index in [1.54, 1.807) is 18.2 Å². The number of nitrogens with one attached hydrogen (secondary N) is 1. The van der Waals surface area contributed by atoms with Crippen LogP contribution in [0.25, 0.3) is 0 Å². The molecule has 0 radical (unpaired) electrons. The van der Waals surface area contributed by atoms with Gasteiger partial charge in [-0.05, 0) is 61.5 Å². The van der Waals surface area contributed by atoms with E-state index in [9.17, 15) is 13.5 Å². The van der Waals surface area contributed by atoms with Crippen molar-refractivity contribution in [3.8, 4) is 5.75 Å². The molecule has 4 nitrogen and oxygen atoms in total. The molecule has 134 valence electrons. The standard InChI is InChI=1S/C19H16BrNO3S2/c1-13-2-7-16(8-3-13)25-19-12-15(6-11-18(19)22)21-26(23,24)17-9-4-14(20)5-10-17/h2-12,21-22H,1H3. The second-order valence-corrected chi connectivity index (χ2v) is 9.37. The molecule has 0 unspecified atom stereocenters. The first-order valence-electron chi connectivity index (χ1n) is 7.69. The third kappa shape index (κ3) is 4.60. The molecule has 0 aliphatic carbocycles. The van der Waals surface area contributed by atoms with Gasteiger partial charge in [0.25, 0.3) is 10.0 Å². The molecule has 26 heavy (non-hydrogen) atoms. The minimum absolute atomic E-state index is 0.0992. The van der Waals surface area contributed by atoms with Gasteiger partial charge in [-0.3, -0.25) is 4.72 Å². The van der Waals surface area contributed by atoms with Gasteiger partial charge in [0.05, 0.1) is 15.5 Å². The Labute approximate surface area is 165 Å². The molecule has 0 saturated heterocycles. The Kier molecular flexibility index (Phi) is 5.60. The molecule has 3 aromatic rings. The summed E-state index contributed by atoms with van der Waals surface area (Å²) in [5, 5.41) is 10.1. The van der Waals surface area contributed by atoms with Gasteiger partial charge in [-0.25, -0.2) is 8.42 Å². The first kappa shape index (κ1) is 18.8. The van der Waals surface area contributed by atoms with Crippen molar-refractivity contribution in [3.63, 3.8) is 0 Å². The van der Waals surface area contributed by atoms with E-state index in [-0.39, 0.29) is 10.6 Å². The number of halogens is 1. The lowest BCUT2D eigenvalue weighted by Gasteiger charge is -2.11. The molecule has 3 aromatic carbocycles. The third-order valence-electron chi connectivity index (χ3n) is 3.58. The van der Waals surface area contributed by atoms with Crippen LogP contribution in [0.15, 0.2) is 85.9 Å². The molecular formula is C19H16BrNO3S2. The Morgan fingerprint density at radius 2 is 1.62 bits per heavy atom. The van der Waals surface area contributed by atoms with Crippen LogP contribution in [0.4, 0.5) is 5.69 Å². The molecule has 0 fully saturated rings. The maximum absolute atomic E-state index is 12.5. The highest BCUT2D eigenvalue weighted by molar-refractivity contribution is 9.10. The molecule has 0 spiro atoms. The Morgan fingerprint density at radius 1 is 0.962 bits per heavy atom. The molecule has 0 atom stereocenters. The van der Waals surface area contributed by atoms with Gasteiger partial charge >= 0.3 is 0 Å². The summed E-state index contributed by atoms with van der Waals surface area (Å²) in [6.07, 6.45) is 0. The van der Waals surface area contributed by atoms with Crippen molar-refractivity contribution in [1.82, 2.24) is 0 Å². The maximum atomic E-state index is 12.5. The smallest absolute Gasteiger partial charge is 0.261 e. The zero-order valence-electron chi connectivity index (χ0n) is 13.8. The number of anilines is 1. The number of rotatable bonds is 5. The van der Waals surface area contributed by atoms with Gasteiger partial charge in [0.15, 0.2) is 0 Å². The average Bonchev–Trinajstić information content (AvgIpc) is 2.60. The van der Waals surface area contributed by atoms with Crippen LogP contribution < -0.4 is 4.72 Å². The van der Waals surface area contributed by atoms with Crippen molar-refractivity contribution >= 4 is 43.4 Å². The van der Waals surface area contributed by atoms with Crippen molar-refractivity contribution in [2.24, 2.45) is 0 Å². The summed E-state index contributed by atoms with van der Waals surface area (Å²) >= 11 is 4.66. The fraction of sp³-hybridized carbons (Fsp3) is 0.0526. The zero-order valence-corrected chi connectivity index (χ0v) is 17.0. The first-order valence-corrected chi connectivity index (χ1v) is 10.8. The minimum Gasteiger partial charge on any atom is -0.507 e. The lowest BCUT2D eigenvalue weighted by Crippen LogP contribution is -2.12. The number of phenolic OH excluding ortho intramolecular Hbond substituents is 1. The number of sulfonamides is 1. The third-order valence-corrected chi connectivity index (χ3v) is 6.57. The largest absolute Gasteiger partial charge is 0.507 e. The Bertz CT molecular complexity index is 1020. The summed E-state index contributed by atoms with van der Waals surface area (Å²) in [5.74, 6) is 0.0992. The number of benzene rings is 3. The molecule has 2 N–H and O–H groups in total. The maximum Gasteiger partial charge on any atom is 0.261 e. The Hall–Kier alpha value is -1.96. The van der Waals surface area contributed by atoms with E-state index >= 15 is 0 Å². The van der Waals surface area contributed by atoms with E-state index in [0.29, 0.717) is 10.6 Å². The number of hydrogen-bond donors (Lipinski definition) is 2. The summed E-state index contributed by atoms with van der Waals surface area (Å²) in [5.41, 5.74) is 1.54. The van der Waals surface area contributed by atoms with E-state index in [1.807, 2.05) is 31.2 Å².